The molecule has 3 unspecified atom stereocenters. The van der Waals surface area contributed by atoms with Crippen LogP contribution in [-0.2, 0) is 22.6 Å². The third kappa shape index (κ3) is 7.24. The third-order valence-corrected chi connectivity index (χ3v) is 10.3. The van der Waals surface area contributed by atoms with Gasteiger partial charge < -0.3 is 15.1 Å². The molecule has 0 bridgehead atoms. The van der Waals surface area contributed by atoms with Crippen molar-refractivity contribution in [1.82, 2.24) is 19.6 Å². The van der Waals surface area contributed by atoms with Gasteiger partial charge in [0.1, 0.15) is 12.6 Å². The predicted octanol–water partition coefficient (Wildman–Crippen LogP) is 5.49. The van der Waals surface area contributed by atoms with Crippen LogP contribution in [0.15, 0.2) is 66.7 Å². The summed E-state index contributed by atoms with van der Waals surface area (Å²) in [7, 11) is 0. The van der Waals surface area contributed by atoms with Crippen molar-refractivity contribution < 1.29 is 19.8 Å². The molecule has 8 heteroatoms. The fourth-order valence-corrected chi connectivity index (χ4v) is 8.21. The van der Waals surface area contributed by atoms with Crippen LogP contribution in [0.3, 0.4) is 0 Å². The summed E-state index contributed by atoms with van der Waals surface area (Å²) in [6.07, 6.45) is 8.16. The SMILES string of the molecule is O=C(O)Cn1nc(Cc2ccccc2)cc1C1CCN(CC2CN(C(C(=O)O)C3CCCCC3)CC2c2ccccc2)CC1. The highest BCUT2D eigenvalue weighted by Crippen LogP contribution is 2.39. The Morgan fingerprint density at radius 3 is 2.20 bits per heavy atom. The van der Waals surface area contributed by atoms with Crippen LogP contribution >= 0.6 is 0 Å². The Balaban J connectivity index is 1.14. The average Bonchev–Trinajstić information content (AvgIpc) is 3.62. The molecule has 6 rings (SSSR count). The van der Waals surface area contributed by atoms with E-state index in [4.69, 9.17) is 5.10 Å². The smallest absolute Gasteiger partial charge is 0.325 e. The van der Waals surface area contributed by atoms with Gasteiger partial charge in [0.05, 0.1) is 5.69 Å². The standard InChI is InChI=1S/C36H46N4O4/c41-34(42)25-40-33(21-31(37-40)20-26-10-4-1-5-11-26)28-16-18-38(19-17-28)22-30-23-39(24-32(30)27-12-6-2-7-13-27)35(36(43)44)29-14-8-3-9-15-29/h1-2,4-7,10-13,21,28-30,32,35H,3,8-9,14-20,22-25H2,(H,41,42)(H,43,44). The number of benzene rings is 2. The summed E-state index contributed by atoms with van der Waals surface area (Å²) in [6, 6.07) is 22.6. The molecule has 0 spiro atoms. The first kappa shape index (κ1) is 30.5. The number of hydrogen-bond acceptors (Lipinski definition) is 5. The van der Waals surface area contributed by atoms with Crippen molar-refractivity contribution in [3.05, 3.63) is 89.2 Å². The summed E-state index contributed by atoms with van der Waals surface area (Å²) >= 11 is 0. The van der Waals surface area contributed by atoms with Gasteiger partial charge in [0.15, 0.2) is 0 Å². The normalized spacial score (nSPS) is 23.1. The molecule has 234 valence electrons. The molecule has 1 aliphatic carbocycles. The van der Waals surface area contributed by atoms with Gasteiger partial charge in [0, 0.05) is 43.6 Å². The maximum atomic E-state index is 12.6. The summed E-state index contributed by atoms with van der Waals surface area (Å²) < 4.78 is 1.71. The van der Waals surface area contributed by atoms with E-state index < -0.39 is 18.0 Å². The minimum absolute atomic E-state index is 0.118. The van der Waals surface area contributed by atoms with Crippen LogP contribution in [-0.4, -0.2) is 80.5 Å². The summed E-state index contributed by atoms with van der Waals surface area (Å²) in [6.45, 7) is 4.35. The first-order valence-electron chi connectivity index (χ1n) is 16.5. The zero-order chi connectivity index (χ0) is 30.5. The Bertz CT molecular complexity index is 1380. The minimum atomic E-state index is -0.872. The van der Waals surface area contributed by atoms with Gasteiger partial charge in [-0.25, -0.2) is 0 Å². The number of aromatic nitrogens is 2. The number of rotatable bonds is 11. The molecule has 2 aromatic carbocycles. The number of likely N-dealkylation sites (tertiary alicyclic amines) is 2. The predicted molar refractivity (Wildman–Crippen MR) is 170 cm³/mol. The van der Waals surface area contributed by atoms with Crippen LogP contribution in [0.4, 0.5) is 0 Å². The number of hydrogen-bond donors (Lipinski definition) is 2. The summed E-state index contributed by atoms with van der Waals surface area (Å²) in [4.78, 5) is 29.1. The molecule has 0 amide bonds. The van der Waals surface area contributed by atoms with E-state index in [0.29, 0.717) is 18.3 Å². The molecule has 1 saturated carbocycles. The molecule has 2 aliphatic heterocycles. The van der Waals surface area contributed by atoms with Gasteiger partial charge in [-0.2, -0.15) is 5.10 Å². The van der Waals surface area contributed by atoms with E-state index in [1.54, 1.807) is 4.68 Å². The van der Waals surface area contributed by atoms with Crippen molar-refractivity contribution in [3.8, 4) is 0 Å². The van der Waals surface area contributed by atoms with Crippen LogP contribution in [0.2, 0.25) is 0 Å². The van der Waals surface area contributed by atoms with Gasteiger partial charge in [0.25, 0.3) is 0 Å². The van der Waals surface area contributed by atoms with Gasteiger partial charge in [0.2, 0.25) is 0 Å². The molecule has 8 nitrogen and oxygen atoms in total. The fraction of sp³-hybridized carbons (Fsp3) is 0.528. The van der Waals surface area contributed by atoms with E-state index in [1.165, 1.54) is 17.5 Å². The maximum Gasteiger partial charge on any atom is 0.325 e. The first-order valence-corrected chi connectivity index (χ1v) is 16.5. The van der Waals surface area contributed by atoms with Crippen molar-refractivity contribution in [2.75, 3.05) is 32.7 Å². The van der Waals surface area contributed by atoms with Crippen molar-refractivity contribution >= 4 is 11.9 Å². The Morgan fingerprint density at radius 2 is 1.55 bits per heavy atom. The lowest BCUT2D eigenvalue weighted by Gasteiger charge is -2.35. The lowest BCUT2D eigenvalue weighted by Crippen LogP contribution is -2.46. The molecule has 2 N–H and O–H groups in total. The second kappa shape index (κ2) is 14.1. The lowest BCUT2D eigenvalue weighted by molar-refractivity contribution is -0.145. The maximum absolute atomic E-state index is 12.6. The Labute approximate surface area is 260 Å². The summed E-state index contributed by atoms with van der Waals surface area (Å²) in [5, 5.41) is 24.6. The number of carboxylic acids is 2. The molecule has 0 radical (unpaired) electrons. The molecule has 3 fully saturated rings. The highest BCUT2D eigenvalue weighted by Gasteiger charge is 2.43. The topological polar surface area (TPSA) is 98.9 Å². The Kier molecular flexibility index (Phi) is 9.77. The van der Waals surface area contributed by atoms with Crippen molar-refractivity contribution in [2.24, 2.45) is 11.8 Å². The zero-order valence-corrected chi connectivity index (χ0v) is 25.6. The zero-order valence-electron chi connectivity index (χ0n) is 25.6. The average molecular weight is 599 g/mol. The van der Waals surface area contributed by atoms with Crippen LogP contribution in [0.5, 0.6) is 0 Å². The number of carboxylic acid groups (broad SMARTS) is 2. The van der Waals surface area contributed by atoms with Gasteiger partial charge in [-0.15, -0.1) is 0 Å². The fourth-order valence-electron chi connectivity index (χ4n) is 8.21. The lowest BCUT2D eigenvalue weighted by atomic mass is 9.83. The minimum Gasteiger partial charge on any atom is -0.480 e. The molecule has 3 heterocycles. The monoisotopic (exact) mass is 598 g/mol. The van der Waals surface area contributed by atoms with Gasteiger partial charge in [-0.05, 0) is 67.8 Å². The van der Waals surface area contributed by atoms with Gasteiger partial charge >= 0.3 is 11.9 Å². The molecule has 3 aliphatic rings. The number of nitrogens with zero attached hydrogens (tertiary/aromatic N) is 4. The van der Waals surface area contributed by atoms with Crippen molar-refractivity contribution in [2.45, 2.75) is 75.8 Å². The van der Waals surface area contributed by atoms with Crippen LogP contribution < -0.4 is 0 Å². The van der Waals surface area contributed by atoms with Crippen LogP contribution in [0.1, 0.15) is 79.3 Å². The molecule has 1 aromatic heterocycles. The molecule has 44 heavy (non-hydrogen) atoms. The van der Waals surface area contributed by atoms with E-state index in [-0.39, 0.29) is 18.4 Å². The second-order valence-corrected chi connectivity index (χ2v) is 13.3. The number of aliphatic carboxylic acids is 2. The van der Waals surface area contributed by atoms with Crippen molar-refractivity contribution in [1.29, 1.82) is 0 Å². The number of piperidine rings is 1. The van der Waals surface area contributed by atoms with Gasteiger partial charge in [-0.1, -0.05) is 79.9 Å². The highest BCUT2D eigenvalue weighted by molar-refractivity contribution is 5.74. The molecule has 2 saturated heterocycles. The quantitative estimate of drug-likeness (QED) is 0.301. The largest absolute Gasteiger partial charge is 0.480 e. The second-order valence-electron chi connectivity index (χ2n) is 13.3. The Hall–Kier alpha value is -3.49. The molecule has 3 aromatic rings. The van der Waals surface area contributed by atoms with E-state index in [1.807, 2.05) is 18.2 Å². The summed E-state index contributed by atoms with van der Waals surface area (Å²) in [5.41, 5.74) is 4.42. The van der Waals surface area contributed by atoms with Crippen molar-refractivity contribution in [3.63, 3.8) is 0 Å². The van der Waals surface area contributed by atoms with Gasteiger partial charge in [-0.3, -0.25) is 19.2 Å². The van der Waals surface area contributed by atoms with E-state index in [9.17, 15) is 19.8 Å². The van der Waals surface area contributed by atoms with E-state index in [2.05, 4.69) is 58.3 Å². The molecular formula is C36H46N4O4. The first-order chi connectivity index (χ1) is 21.4. The molecular weight excluding hydrogens is 552 g/mol. The number of carbonyl (C=O) groups is 2. The van der Waals surface area contributed by atoms with Crippen LogP contribution in [0, 0.1) is 11.8 Å². The van der Waals surface area contributed by atoms with E-state index in [0.717, 1.165) is 82.6 Å². The van der Waals surface area contributed by atoms with E-state index >= 15 is 0 Å². The van der Waals surface area contributed by atoms with Crippen LogP contribution in [0.25, 0.3) is 0 Å². The third-order valence-electron chi connectivity index (χ3n) is 10.3. The molecule has 3 atom stereocenters. The summed E-state index contributed by atoms with van der Waals surface area (Å²) in [5.74, 6) is -0.324. The highest BCUT2D eigenvalue weighted by atomic mass is 16.4. The Morgan fingerprint density at radius 1 is 0.864 bits per heavy atom.